The minimum Gasteiger partial charge on any atom is -0.478 e. The molecule has 0 aromatic carbocycles. The van der Waals surface area contributed by atoms with Crippen LogP contribution >= 0.6 is 0 Å². The molecule has 1 heterocycles. The molecular weight excluding hydrogens is 260 g/mol. The van der Waals surface area contributed by atoms with Gasteiger partial charge >= 0.3 is 5.97 Å². The van der Waals surface area contributed by atoms with Crippen molar-refractivity contribution in [2.75, 3.05) is 27.2 Å². The third-order valence-electron chi connectivity index (χ3n) is 2.40. The second-order valence-electron chi connectivity index (χ2n) is 3.70. The van der Waals surface area contributed by atoms with E-state index >= 15 is 0 Å². The van der Waals surface area contributed by atoms with Gasteiger partial charge < -0.3 is 10.4 Å². The molecule has 0 aliphatic carbocycles. The van der Waals surface area contributed by atoms with E-state index in [-0.39, 0.29) is 10.6 Å². The Labute approximate surface area is 105 Å². The van der Waals surface area contributed by atoms with Crippen LogP contribution in [0.3, 0.4) is 0 Å². The van der Waals surface area contributed by atoms with Crippen molar-refractivity contribution in [1.82, 2.24) is 19.8 Å². The van der Waals surface area contributed by atoms with Gasteiger partial charge in [-0.3, -0.25) is 5.10 Å². The molecule has 8 nitrogen and oxygen atoms in total. The number of aromatic amines is 1. The van der Waals surface area contributed by atoms with Crippen LogP contribution in [0, 0.1) is 0 Å². The first kappa shape index (κ1) is 14.6. The van der Waals surface area contributed by atoms with E-state index in [1.165, 1.54) is 7.05 Å². The number of hydrogen-bond donors (Lipinski definition) is 3. The lowest BCUT2D eigenvalue weighted by Crippen LogP contribution is -2.30. The Morgan fingerprint density at radius 3 is 2.83 bits per heavy atom. The Balaban J connectivity index is 2.92. The van der Waals surface area contributed by atoms with E-state index in [9.17, 15) is 13.2 Å². The van der Waals surface area contributed by atoms with Gasteiger partial charge in [0.25, 0.3) is 10.0 Å². The number of carboxylic acids is 1. The molecule has 0 spiro atoms. The number of aromatic carboxylic acids is 1. The highest BCUT2D eigenvalue weighted by molar-refractivity contribution is 7.89. The maximum absolute atomic E-state index is 12.1. The van der Waals surface area contributed by atoms with Crippen LogP contribution in [0.25, 0.3) is 0 Å². The average molecular weight is 276 g/mol. The minimum absolute atomic E-state index is 0.293. The van der Waals surface area contributed by atoms with Crippen molar-refractivity contribution < 1.29 is 18.3 Å². The molecule has 0 aliphatic heterocycles. The van der Waals surface area contributed by atoms with Gasteiger partial charge in [0.2, 0.25) is 0 Å². The first-order valence-electron chi connectivity index (χ1n) is 5.29. The van der Waals surface area contributed by atoms with Crippen molar-refractivity contribution in [3.05, 3.63) is 11.8 Å². The molecule has 0 saturated carbocycles. The van der Waals surface area contributed by atoms with Gasteiger partial charge in [-0.2, -0.15) is 9.40 Å². The molecule has 102 valence electrons. The molecule has 0 atom stereocenters. The van der Waals surface area contributed by atoms with Gasteiger partial charge in [-0.15, -0.1) is 0 Å². The van der Waals surface area contributed by atoms with Crippen molar-refractivity contribution in [3.8, 4) is 0 Å². The molecule has 9 heteroatoms. The zero-order valence-electron chi connectivity index (χ0n) is 10.2. The summed E-state index contributed by atoms with van der Waals surface area (Å²) in [5.41, 5.74) is -0.351. The lowest BCUT2D eigenvalue weighted by atomic mass is 10.4. The average Bonchev–Trinajstić information content (AvgIpc) is 2.78. The van der Waals surface area contributed by atoms with E-state index in [4.69, 9.17) is 5.11 Å². The van der Waals surface area contributed by atoms with Crippen LogP contribution in [-0.2, 0) is 10.0 Å². The van der Waals surface area contributed by atoms with Crippen molar-refractivity contribution >= 4 is 16.0 Å². The number of H-pyrrole nitrogens is 1. The number of carboxylic acid groups (broad SMARTS) is 1. The highest BCUT2D eigenvalue weighted by atomic mass is 32.2. The van der Waals surface area contributed by atoms with Gasteiger partial charge in [-0.25, -0.2) is 13.2 Å². The Hall–Kier alpha value is -1.45. The molecule has 0 fully saturated rings. The molecule has 18 heavy (non-hydrogen) atoms. The van der Waals surface area contributed by atoms with Gasteiger partial charge in [0, 0.05) is 13.6 Å². The van der Waals surface area contributed by atoms with Crippen LogP contribution in [-0.4, -0.2) is 61.2 Å². The van der Waals surface area contributed by atoms with E-state index in [2.05, 4.69) is 15.5 Å². The second-order valence-corrected chi connectivity index (χ2v) is 5.68. The number of nitrogens with one attached hydrogen (secondary N) is 2. The van der Waals surface area contributed by atoms with Crippen LogP contribution in [0.15, 0.2) is 11.2 Å². The Morgan fingerprint density at radius 1 is 1.61 bits per heavy atom. The highest BCUT2D eigenvalue weighted by Crippen LogP contribution is 2.16. The van der Waals surface area contributed by atoms with Gasteiger partial charge in [0.1, 0.15) is 5.56 Å². The fraction of sp³-hybridized carbons (Fsp3) is 0.556. The first-order valence-corrected chi connectivity index (χ1v) is 6.73. The zero-order valence-corrected chi connectivity index (χ0v) is 11.0. The SMILES string of the molecule is CNCCCN(C)S(=O)(=O)c1[nH]ncc1C(=O)O. The third-order valence-corrected chi connectivity index (χ3v) is 4.23. The number of carbonyl (C=O) groups is 1. The molecular formula is C9H16N4O4S. The molecule has 0 aliphatic rings. The van der Waals surface area contributed by atoms with E-state index in [1.807, 2.05) is 0 Å². The molecule has 0 unspecified atom stereocenters. The fourth-order valence-corrected chi connectivity index (χ4v) is 2.64. The summed E-state index contributed by atoms with van der Waals surface area (Å²) in [6, 6.07) is 0. The molecule has 0 bridgehead atoms. The van der Waals surface area contributed by atoms with Crippen molar-refractivity contribution in [2.24, 2.45) is 0 Å². The maximum Gasteiger partial charge on any atom is 0.340 e. The predicted octanol–water partition coefficient (Wildman–Crippen LogP) is -0.662. The minimum atomic E-state index is -3.85. The van der Waals surface area contributed by atoms with Crippen LogP contribution < -0.4 is 5.32 Å². The Kier molecular flexibility index (Phi) is 4.82. The number of sulfonamides is 1. The summed E-state index contributed by atoms with van der Waals surface area (Å²) >= 11 is 0. The first-order chi connectivity index (χ1) is 8.41. The number of nitrogens with zero attached hydrogens (tertiary/aromatic N) is 2. The summed E-state index contributed by atoms with van der Waals surface area (Å²) in [5.74, 6) is -1.33. The Bertz CT molecular complexity index is 510. The molecule has 0 radical (unpaired) electrons. The molecule has 1 aromatic heterocycles. The van der Waals surface area contributed by atoms with Crippen LogP contribution in [0.1, 0.15) is 16.8 Å². The largest absolute Gasteiger partial charge is 0.478 e. The van der Waals surface area contributed by atoms with Gasteiger partial charge in [0.15, 0.2) is 5.03 Å². The summed E-state index contributed by atoms with van der Waals surface area (Å²) in [5, 5.41) is 17.1. The van der Waals surface area contributed by atoms with Crippen LogP contribution in [0.4, 0.5) is 0 Å². The van der Waals surface area contributed by atoms with Gasteiger partial charge in [0.05, 0.1) is 6.20 Å². The van der Waals surface area contributed by atoms with E-state index in [0.29, 0.717) is 19.5 Å². The molecule has 1 rings (SSSR count). The summed E-state index contributed by atoms with van der Waals surface area (Å²) in [7, 11) is -0.675. The smallest absolute Gasteiger partial charge is 0.340 e. The Morgan fingerprint density at radius 2 is 2.28 bits per heavy atom. The molecule has 1 aromatic rings. The maximum atomic E-state index is 12.1. The summed E-state index contributed by atoms with van der Waals surface area (Å²) in [4.78, 5) is 10.9. The van der Waals surface area contributed by atoms with Crippen LogP contribution in [0.5, 0.6) is 0 Å². The highest BCUT2D eigenvalue weighted by Gasteiger charge is 2.28. The quantitative estimate of drug-likeness (QED) is 0.569. The lowest BCUT2D eigenvalue weighted by molar-refractivity contribution is 0.0692. The summed E-state index contributed by atoms with van der Waals surface area (Å²) in [6.45, 7) is 0.968. The lowest BCUT2D eigenvalue weighted by Gasteiger charge is -2.16. The fourth-order valence-electron chi connectivity index (χ4n) is 1.38. The number of aromatic nitrogens is 2. The predicted molar refractivity (Wildman–Crippen MR) is 63.9 cm³/mol. The molecule has 0 saturated heterocycles. The second kappa shape index (κ2) is 5.94. The summed E-state index contributed by atoms with van der Waals surface area (Å²) < 4.78 is 25.3. The monoisotopic (exact) mass is 276 g/mol. The van der Waals surface area contributed by atoms with Crippen molar-refractivity contribution in [1.29, 1.82) is 0 Å². The topological polar surface area (TPSA) is 115 Å². The van der Waals surface area contributed by atoms with Crippen LogP contribution in [0.2, 0.25) is 0 Å². The van der Waals surface area contributed by atoms with E-state index in [1.54, 1.807) is 7.05 Å². The zero-order chi connectivity index (χ0) is 13.8. The van der Waals surface area contributed by atoms with Gasteiger partial charge in [-0.05, 0) is 20.0 Å². The van der Waals surface area contributed by atoms with Gasteiger partial charge in [-0.1, -0.05) is 0 Å². The third kappa shape index (κ3) is 3.06. The standard InChI is InChI=1S/C9H16N4O4S/c1-10-4-3-5-13(2)18(16,17)8-7(9(14)15)6-11-12-8/h6,10H,3-5H2,1-2H3,(H,11,12)(H,14,15). The van der Waals surface area contributed by atoms with E-state index < -0.39 is 16.0 Å². The number of hydrogen-bond acceptors (Lipinski definition) is 5. The summed E-state index contributed by atoms with van der Waals surface area (Å²) in [6.07, 6.45) is 1.61. The number of rotatable bonds is 7. The normalized spacial score (nSPS) is 11.9. The molecule has 3 N–H and O–H groups in total. The molecule has 0 amide bonds. The van der Waals surface area contributed by atoms with Crippen molar-refractivity contribution in [2.45, 2.75) is 11.4 Å². The van der Waals surface area contributed by atoms with E-state index in [0.717, 1.165) is 10.5 Å². The van der Waals surface area contributed by atoms with Crippen molar-refractivity contribution in [3.63, 3.8) is 0 Å².